The predicted octanol–water partition coefficient (Wildman–Crippen LogP) is 3.13. The van der Waals surface area contributed by atoms with Crippen LogP contribution in [0.1, 0.15) is 25.0 Å². The molecule has 0 bridgehead atoms. The first-order chi connectivity index (χ1) is 6.57. The van der Waals surface area contributed by atoms with Crippen molar-refractivity contribution in [3.05, 3.63) is 29.3 Å². The van der Waals surface area contributed by atoms with Crippen LogP contribution in [0.5, 0.6) is 0 Å². The van der Waals surface area contributed by atoms with E-state index < -0.39 is 0 Å². The highest BCUT2D eigenvalue weighted by Crippen LogP contribution is 2.24. The van der Waals surface area contributed by atoms with Gasteiger partial charge >= 0.3 is 0 Å². The number of nitrogens with zero attached hydrogens (tertiary/aromatic N) is 1. The lowest BCUT2D eigenvalue weighted by atomic mass is 10.1. The van der Waals surface area contributed by atoms with Crippen molar-refractivity contribution in [2.75, 3.05) is 11.4 Å². The van der Waals surface area contributed by atoms with Gasteiger partial charge in [-0.2, -0.15) is 0 Å². The molecule has 1 N–H and O–H groups in total. The van der Waals surface area contributed by atoms with Crippen LogP contribution < -0.4 is 4.90 Å². The van der Waals surface area contributed by atoms with Crippen LogP contribution in [-0.4, -0.2) is 12.4 Å². The van der Waals surface area contributed by atoms with Gasteiger partial charge in [0.2, 0.25) is 0 Å². The Bertz CT molecular complexity index is 322. The van der Waals surface area contributed by atoms with Gasteiger partial charge in [0.15, 0.2) is 0 Å². The summed E-state index contributed by atoms with van der Waals surface area (Å²) >= 11 is 0. The van der Waals surface area contributed by atoms with Crippen LogP contribution in [0.25, 0.3) is 0 Å². The Morgan fingerprint density at radius 2 is 1.79 bits per heavy atom. The number of para-hydroxylation sites is 1. The molecular weight excluding hydrogens is 172 g/mol. The summed E-state index contributed by atoms with van der Waals surface area (Å²) in [6.45, 7) is 8.93. The first-order valence-electron chi connectivity index (χ1n) is 4.96. The zero-order valence-corrected chi connectivity index (χ0v) is 9.39. The zero-order valence-electron chi connectivity index (χ0n) is 9.39. The van der Waals surface area contributed by atoms with Gasteiger partial charge in [-0.05, 0) is 38.8 Å². The SMILES string of the molecule is CCN(C(C)=N)c1c(C)cccc1C. The molecule has 1 aromatic rings. The summed E-state index contributed by atoms with van der Waals surface area (Å²) in [4.78, 5) is 2.03. The highest BCUT2D eigenvalue weighted by Gasteiger charge is 2.10. The number of amidine groups is 1. The molecule has 0 amide bonds. The Kier molecular flexibility index (Phi) is 3.28. The van der Waals surface area contributed by atoms with Gasteiger partial charge in [-0.15, -0.1) is 0 Å². The number of benzene rings is 1. The number of hydrogen-bond donors (Lipinski definition) is 1. The van der Waals surface area contributed by atoms with Crippen molar-refractivity contribution < 1.29 is 0 Å². The number of nitrogens with one attached hydrogen (secondary N) is 1. The molecule has 0 heterocycles. The number of aryl methyl sites for hydroxylation is 2. The fourth-order valence-electron chi connectivity index (χ4n) is 1.79. The monoisotopic (exact) mass is 190 g/mol. The second-order valence-electron chi connectivity index (χ2n) is 3.57. The molecular formula is C12H18N2. The van der Waals surface area contributed by atoms with E-state index in [1.54, 1.807) is 0 Å². The molecule has 0 radical (unpaired) electrons. The van der Waals surface area contributed by atoms with E-state index in [4.69, 9.17) is 5.41 Å². The molecule has 0 aliphatic carbocycles. The molecule has 0 aromatic heterocycles. The minimum Gasteiger partial charge on any atom is -0.330 e. The molecule has 2 nitrogen and oxygen atoms in total. The summed E-state index contributed by atoms with van der Waals surface area (Å²) in [5.41, 5.74) is 3.65. The molecule has 0 aliphatic heterocycles. The van der Waals surface area contributed by atoms with Crippen LogP contribution in [0.4, 0.5) is 5.69 Å². The van der Waals surface area contributed by atoms with Crippen molar-refractivity contribution in [2.45, 2.75) is 27.7 Å². The molecule has 76 valence electrons. The smallest absolute Gasteiger partial charge is 0.0970 e. The number of rotatable bonds is 2. The normalized spacial score (nSPS) is 10.0. The van der Waals surface area contributed by atoms with Gasteiger partial charge in [-0.3, -0.25) is 5.41 Å². The summed E-state index contributed by atoms with van der Waals surface area (Å²) in [5, 5.41) is 7.71. The Hall–Kier alpha value is -1.31. The van der Waals surface area contributed by atoms with Crippen molar-refractivity contribution in [2.24, 2.45) is 0 Å². The summed E-state index contributed by atoms with van der Waals surface area (Å²) in [7, 11) is 0. The molecule has 0 unspecified atom stereocenters. The van der Waals surface area contributed by atoms with E-state index in [-0.39, 0.29) is 0 Å². The Balaban J connectivity index is 3.22. The quantitative estimate of drug-likeness (QED) is 0.563. The molecule has 2 heteroatoms. The van der Waals surface area contributed by atoms with E-state index in [9.17, 15) is 0 Å². The molecule has 0 saturated heterocycles. The predicted molar refractivity (Wildman–Crippen MR) is 62.3 cm³/mol. The molecule has 1 aromatic carbocycles. The third-order valence-electron chi connectivity index (χ3n) is 2.43. The number of hydrogen-bond acceptors (Lipinski definition) is 1. The van der Waals surface area contributed by atoms with Gasteiger partial charge < -0.3 is 4.90 Å². The molecule has 0 spiro atoms. The van der Waals surface area contributed by atoms with Gasteiger partial charge in [-0.25, -0.2) is 0 Å². The van der Waals surface area contributed by atoms with Crippen LogP contribution in [-0.2, 0) is 0 Å². The Morgan fingerprint density at radius 1 is 1.29 bits per heavy atom. The van der Waals surface area contributed by atoms with Crippen LogP contribution >= 0.6 is 0 Å². The zero-order chi connectivity index (χ0) is 10.7. The van der Waals surface area contributed by atoms with Gasteiger partial charge in [0.1, 0.15) is 0 Å². The van der Waals surface area contributed by atoms with E-state index in [1.807, 2.05) is 11.8 Å². The van der Waals surface area contributed by atoms with Crippen molar-refractivity contribution >= 4 is 11.5 Å². The maximum atomic E-state index is 7.71. The molecule has 0 fully saturated rings. The topological polar surface area (TPSA) is 27.1 Å². The average Bonchev–Trinajstić information content (AvgIpc) is 2.10. The lowest BCUT2D eigenvalue weighted by molar-refractivity contribution is 1.02. The fourth-order valence-corrected chi connectivity index (χ4v) is 1.79. The highest BCUT2D eigenvalue weighted by molar-refractivity contribution is 5.95. The highest BCUT2D eigenvalue weighted by atomic mass is 15.2. The van der Waals surface area contributed by atoms with Gasteiger partial charge in [0, 0.05) is 12.2 Å². The van der Waals surface area contributed by atoms with Crippen molar-refractivity contribution in [3.8, 4) is 0 Å². The van der Waals surface area contributed by atoms with Gasteiger partial charge in [-0.1, -0.05) is 18.2 Å². The second kappa shape index (κ2) is 4.27. The van der Waals surface area contributed by atoms with Crippen LogP contribution in [0.15, 0.2) is 18.2 Å². The minimum atomic E-state index is 0.602. The summed E-state index contributed by atoms with van der Waals surface area (Å²) in [6.07, 6.45) is 0. The number of anilines is 1. The van der Waals surface area contributed by atoms with Gasteiger partial charge in [0.05, 0.1) is 5.84 Å². The summed E-state index contributed by atoms with van der Waals surface area (Å²) in [5.74, 6) is 0.602. The maximum Gasteiger partial charge on any atom is 0.0970 e. The van der Waals surface area contributed by atoms with E-state index in [1.165, 1.54) is 16.8 Å². The van der Waals surface area contributed by atoms with Crippen LogP contribution in [0, 0.1) is 19.3 Å². The molecule has 0 atom stereocenters. The first-order valence-corrected chi connectivity index (χ1v) is 4.96. The largest absolute Gasteiger partial charge is 0.330 e. The maximum absolute atomic E-state index is 7.71. The first kappa shape index (κ1) is 10.8. The van der Waals surface area contributed by atoms with Crippen molar-refractivity contribution in [1.82, 2.24) is 0 Å². The van der Waals surface area contributed by atoms with Crippen LogP contribution in [0.3, 0.4) is 0 Å². The third-order valence-corrected chi connectivity index (χ3v) is 2.43. The standard InChI is InChI=1S/C12H18N2/c1-5-14(11(4)13)12-9(2)7-6-8-10(12)3/h6-8,13H,5H2,1-4H3. The lowest BCUT2D eigenvalue weighted by Gasteiger charge is -2.25. The van der Waals surface area contributed by atoms with E-state index in [0.29, 0.717) is 5.84 Å². The minimum absolute atomic E-state index is 0.602. The molecule has 0 aliphatic rings. The van der Waals surface area contributed by atoms with Crippen molar-refractivity contribution in [3.63, 3.8) is 0 Å². The van der Waals surface area contributed by atoms with Crippen LogP contribution in [0.2, 0.25) is 0 Å². The van der Waals surface area contributed by atoms with E-state index in [2.05, 4.69) is 39.0 Å². The van der Waals surface area contributed by atoms with E-state index >= 15 is 0 Å². The lowest BCUT2D eigenvalue weighted by Crippen LogP contribution is -2.28. The van der Waals surface area contributed by atoms with Gasteiger partial charge in [0.25, 0.3) is 0 Å². The fraction of sp³-hybridized carbons (Fsp3) is 0.417. The van der Waals surface area contributed by atoms with E-state index in [0.717, 1.165) is 6.54 Å². The molecule has 1 rings (SSSR count). The average molecular weight is 190 g/mol. The summed E-state index contributed by atoms with van der Waals surface area (Å²) in [6, 6.07) is 6.24. The Labute approximate surface area is 86.1 Å². The molecule has 14 heavy (non-hydrogen) atoms. The third kappa shape index (κ3) is 1.95. The van der Waals surface area contributed by atoms with Crippen molar-refractivity contribution in [1.29, 1.82) is 5.41 Å². The molecule has 0 saturated carbocycles. The summed E-state index contributed by atoms with van der Waals surface area (Å²) < 4.78 is 0. The second-order valence-corrected chi connectivity index (χ2v) is 3.57. The Morgan fingerprint density at radius 3 is 2.14 bits per heavy atom.